The molecule has 1 aromatic heterocycles. The van der Waals surface area contributed by atoms with Crippen molar-refractivity contribution < 1.29 is 23.1 Å². The lowest BCUT2D eigenvalue weighted by Crippen LogP contribution is -2.34. The van der Waals surface area contributed by atoms with Crippen LogP contribution in [-0.2, 0) is 16.6 Å². The van der Waals surface area contributed by atoms with Crippen LogP contribution in [0.2, 0.25) is 0 Å². The summed E-state index contributed by atoms with van der Waals surface area (Å²) in [5, 5.41) is 10.4. The molecule has 2 N–H and O–H groups in total. The summed E-state index contributed by atoms with van der Waals surface area (Å²) in [4.78, 5) is 36.3. The zero-order valence-corrected chi connectivity index (χ0v) is 22.4. The number of carbonyl (C=O) groups is 2. The van der Waals surface area contributed by atoms with Crippen molar-refractivity contribution in [2.45, 2.75) is 19.8 Å². The molecule has 0 saturated carbocycles. The van der Waals surface area contributed by atoms with Crippen LogP contribution in [0.1, 0.15) is 25.3 Å². The molecule has 40 heavy (non-hydrogen) atoms. The Labute approximate surface area is 229 Å². The Hall–Kier alpha value is -4.61. The van der Waals surface area contributed by atoms with Gasteiger partial charge in [-0.2, -0.15) is 5.10 Å². The number of aliphatic imine (C=N–C) groups is 2. The number of amides is 2. The molecule has 1 unspecified atom stereocenters. The Kier molecular flexibility index (Phi) is 7.09. The van der Waals surface area contributed by atoms with E-state index in [4.69, 9.17) is 4.74 Å². The molecule has 2 aromatic carbocycles. The zero-order chi connectivity index (χ0) is 28.6. The molecule has 5 rings (SSSR count). The minimum atomic E-state index is -0.650. The second-order valence-corrected chi connectivity index (χ2v) is 9.88. The maximum Gasteiger partial charge on any atom is 0.269 e. The Balaban J connectivity index is 1.52. The lowest BCUT2D eigenvalue weighted by atomic mass is 9.86. The molecule has 0 bridgehead atoms. The number of halogens is 2. The number of aryl methyl sites for hydroxylation is 1. The SMILES string of the molecule is C=CN=C(N=C(C)C(=O)Nc1cc(F)c2nn(C)cc2c1N1CCC2(CCNC2=O)C1)c1c(F)cccc1OC. The highest BCUT2D eigenvalue weighted by Gasteiger charge is 2.48. The maximum atomic E-state index is 15.2. The van der Waals surface area contributed by atoms with E-state index >= 15 is 4.39 Å². The lowest BCUT2D eigenvalue weighted by Gasteiger charge is -2.25. The van der Waals surface area contributed by atoms with Crippen LogP contribution in [-0.4, -0.2) is 59.9 Å². The Morgan fingerprint density at radius 3 is 2.80 bits per heavy atom. The van der Waals surface area contributed by atoms with Crippen LogP contribution in [0.5, 0.6) is 5.75 Å². The fourth-order valence-electron chi connectivity index (χ4n) is 5.40. The molecule has 3 heterocycles. The molecule has 2 fully saturated rings. The second kappa shape index (κ2) is 10.5. The lowest BCUT2D eigenvalue weighted by molar-refractivity contribution is -0.126. The van der Waals surface area contributed by atoms with Crippen molar-refractivity contribution in [3.8, 4) is 5.75 Å². The molecule has 3 aromatic rings. The molecule has 1 spiro atoms. The Bertz CT molecular complexity index is 1600. The summed E-state index contributed by atoms with van der Waals surface area (Å²) < 4.78 is 36.7. The average Bonchev–Trinajstić information content (AvgIpc) is 3.62. The summed E-state index contributed by atoms with van der Waals surface area (Å²) in [6.45, 7) is 6.58. The summed E-state index contributed by atoms with van der Waals surface area (Å²) in [5.41, 5.74) is 0.312. The van der Waals surface area contributed by atoms with Crippen LogP contribution in [0.25, 0.3) is 10.9 Å². The Morgan fingerprint density at radius 2 is 2.10 bits per heavy atom. The van der Waals surface area contributed by atoms with E-state index in [0.29, 0.717) is 43.5 Å². The van der Waals surface area contributed by atoms with Crippen LogP contribution in [0.15, 0.2) is 53.2 Å². The van der Waals surface area contributed by atoms with Gasteiger partial charge in [0.25, 0.3) is 5.91 Å². The molecule has 2 amide bonds. The van der Waals surface area contributed by atoms with Gasteiger partial charge in [0.2, 0.25) is 5.91 Å². The molecule has 2 aliphatic heterocycles. The van der Waals surface area contributed by atoms with E-state index in [1.165, 1.54) is 43.1 Å². The first kappa shape index (κ1) is 27.0. The highest BCUT2D eigenvalue weighted by molar-refractivity contribution is 6.44. The van der Waals surface area contributed by atoms with Gasteiger partial charge in [0.05, 0.1) is 29.5 Å². The minimum Gasteiger partial charge on any atom is -0.496 e. The first-order valence-electron chi connectivity index (χ1n) is 12.7. The Morgan fingerprint density at radius 1 is 1.30 bits per heavy atom. The molecular formula is C28H29F2N7O3. The maximum absolute atomic E-state index is 15.2. The van der Waals surface area contributed by atoms with Crippen molar-refractivity contribution in [1.29, 1.82) is 0 Å². The number of hydrogen-bond acceptors (Lipinski definition) is 6. The highest BCUT2D eigenvalue weighted by Crippen LogP contribution is 2.44. The van der Waals surface area contributed by atoms with Gasteiger partial charge in [0.15, 0.2) is 11.7 Å². The van der Waals surface area contributed by atoms with Crippen molar-refractivity contribution in [3.63, 3.8) is 0 Å². The second-order valence-electron chi connectivity index (χ2n) is 9.88. The third-order valence-electron chi connectivity index (χ3n) is 7.36. The fraction of sp³-hybridized carbons (Fsp3) is 0.321. The number of ether oxygens (including phenoxy) is 1. The summed E-state index contributed by atoms with van der Waals surface area (Å²) >= 11 is 0. The molecule has 208 valence electrons. The van der Waals surface area contributed by atoms with E-state index in [0.717, 1.165) is 0 Å². The number of carbonyl (C=O) groups excluding carboxylic acids is 2. The molecule has 2 saturated heterocycles. The molecule has 1 atom stereocenters. The molecule has 0 radical (unpaired) electrons. The molecule has 10 nitrogen and oxygen atoms in total. The first-order chi connectivity index (χ1) is 19.2. The minimum absolute atomic E-state index is 0.00529. The van der Waals surface area contributed by atoms with Crippen molar-refractivity contribution in [2.24, 2.45) is 22.4 Å². The number of fused-ring (bicyclic) bond motifs is 1. The third-order valence-corrected chi connectivity index (χ3v) is 7.36. The van der Waals surface area contributed by atoms with Gasteiger partial charge in [0.1, 0.15) is 22.8 Å². The van der Waals surface area contributed by atoms with Crippen molar-refractivity contribution in [3.05, 3.63) is 60.4 Å². The molecular weight excluding hydrogens is 520 g/mol. The number of rotatable bonds is 6. The number of hydrogen-bond donors (Lipinski definition) is 2. The summed E-state index contributed by atoms with van der Waals surface area (Å²) in [6.07, 6.45) is 4.21. The average molecular weight is 550 g/mol. The van der Waals surface area contributed by atoms with E-state index in [1.54, 1.807) is 19.3 Å². The van der Waals surface area contributed by atoms with Crippen molar-refractivity contribution in [2.75, 3.05) is 37.0 Å². The van der Waals surface area contributed by atoms with E-state index < -0.39 is 23.0 Å². The molecule has 12 heteroatoms. The predicted octanol–water partition coefficient (Wildman–Crippen LogP) is 3.57. The smallest absolute Gasteiger partial charge is 0.269 e. The number of nitrogens with zero attached hydrogens (tertiary/aromatic N) is 5. The third kappa shape index (κ3) is 4.69. The van der Waals surface area contributed by atoms with E-state index in [9.17, 15) is 14.0 Å². The fourth-order valence-corrected chi connectivity index (χ4v) is 5.40. The van der Waals surface area contributed by atoms with Gasteiger partial charge in [0, 0.05) is 50.5 Å². The largest absolute Gasteiger partial charge is 0.496 e. The summed E-state index contributed by atoms with van der Waals surface area (Å²) in [6, 6.07) is 5.48. The summed E-state index contributed by atoms with van der Waals surface area (Å²) in [5.74, 6) is -1.82. The van der Waals surface area contributed by atoms with Crippen molar-refractivity contribution in [1.82, 2.24) is 15.1 Å². The quantitative estimate of drug-likeness (QED) is 0.361. The standard InChI is InChI=1S/C28H29F2N7O3/c1-5-31-25(22-18(29)7-6-8-21(22)40-4)33-16(2)26(38)34-20-13-19(30)23-17(14-36(3)35-23)24(20)37-12-10-28(15-37)9-11-32-27(28)39/h5-8,13-14H,1,9-12,15H2,2-4H3,(H,32,39)(H,34,38). The number of benzene rings is 2. The number of aromatic nitrogens is 2. The van der Waals surface area contributed by atoms with Gasteiger partial charge < -0.3 is 20.3 Å². The van der Waals surface area contributed by atoms with Crippen LogP contribution >= 0.6 is 0 Å². The number of amidine groups is 1. The van der Waals surface area contributed by atoms with Gasteiger partial charge in [-0.25, -0.2) is 18.8 Å². The van der Waals surface area contributed by atoms with Crippen LogP contribution in [0.3, 0.4) is 0 Å². The van der Waals surface area contributed by atoms with Crippen molar-refractivity contribution >= 4 is 45.6 Å². The topological polar surface area (TPSA) is 113 Å². The van der Waals surface area contributed by atoms with Gasteiger partial charge in [-0.15, -0.1) is 0 Å². The molecule has 0 aliphatic carbocycles. The number of methoxy groups -OCH3 is 1. The van der Waals surface area contributed by atoms with Gasteiger partial charge >= 0.3 is 0 Å². The highest BCUT2D eigenvalue weighted by atomic mass is 19.1. The van der Waals surface area contributed by atoms with Crippen LogP contribution in [0.4, 0.5) is 20.2 Å². The monoisotopic (exact) mass is 549 g/mol. The van der Waals surface area contributed by atoms with Gasteiger partial charge in [-0.1, -0.05) is 12.6 Å². The van der Waals surface area contributed by atoms with Gasteiger partial charge in [-0.3, -0.25) is 14.3 Å². The van der Waals surface area contributed by atoms with Crippen LogP contribution < -0.4 is 20.3 Å². The van der Waals surface area contributed by atoms with E-state index in [1.807, 2.05) is 4.90 Å². The zero-order valence-electron chi connectivity index (χ0n) is 22.4. The van der Waals surface area contributed by atoms with Crippen LogP contribution in [0, 0.1) is 17.0 Å². The van der Waals surface area contributed by atoms with E-state index in [-0.39, 0.29) is 40.0 Å². The molecule has 2 aliphatic rings. The number of anilines is 2. The van der Waals surface area contributed by atoms with Gasteiger partial charge in [-0.05, 0) is 31.9 Å². The summed E-state index contributed by atoms with van der Waals surface area (Å²) in [7, 11) is 3.07. The van der Waals surface area contributed by atoms with E-state index in [2.05, 4.69) is 32.3 Å². The number of nitrogens with one attached hydrogen (secondary N) is 2. The predicted molar refractivity (Wildman–Crippen MR) is 149 cm³/mol. The normalized spacial score (nSPS) is 19.4. The first-order valence-corrected chi connectivity index (χ1v) is 12.7.